The summed E-state index contributed by atoms with van der Waals surface area (Å²) in [4.78, 5) is -0.775. The van der Waals surface area contributed by atoms with Crippen LogP contribution in [-0.4, -0.2) is 0 Å². The largest absolute Gasteiger partial charge is 0.399 e. The van der Waals surface area contributed by atoms with Crippen molar-refractivity contribution in [3.8, 4) is 0 Å². The predicted octanol–water partition coefficient (Wildman–Crippen LogP) is 4.38. The van der Waals surface area contributed by atoms with Crippen LogP contribution in [0.25, 0.3) is 0 Å². The van der Waals surface area contributed by atoms with Crippen molar-refractivity contribution in [3.63, 3.8) is 0 Å². The zero-order valence-corrected chi connectivity index (χ0v) is 12.8. The van der Waals surface area contributed by atoms with Crippen molar-refractivity contribution in [3.05, 3.63) is 95.6 Å². The van der Waals surface area contributed by atoms with Crippen LogP contribution in [0.5, 0.6) is 0 Å². The molecular weight excluding hydrogens is 292 g/mol. The van der Waals surface area contributed by atoms with E-state index in [1.165, 1.54) is 0 Å². The summed E-state index contributed by atoms with van der Waals surface area (Å²) < 4.78 is 0. The number of alkyl halides is 1. The topological polar surface area (TPSA) is 52.0 Å². The van der Waals surface area contributed by atoms with E-state index in [0.29, 0.717) is 11.4 Å². The van der Waals surface area contributed by atoms with Gasteiger partial charge in [0, 0.05) is 11.4 Å². The number of halogens is 1. The Morgan fingerprint density at radius 3 is 1.32 bits per heavy atom. The highest BCUT2D eigenvalue weighted by Gasteiger charge is 2.33. The van der Waals surface area contributed by atoms with Gasteiger partial charge in [-0.1, -0.05) is 54.6 Å². The molecule has 0 fully saturated rings. The second-order valence-corrected chi connectivity index (χ2v) is 5.84. The van der Waals surface area contributed by atoms with Crippen LogP contribution in [0.15, 0.2) is 78.9 Å². The van der Waals surface area contributed by atoms with Gasteiger partial charge < -0.3 is 11.5 Å². The Hall–Kier alpha value is -2.45. The Morgan fingerprint density at radius 2 is 0.909 bits per heavy atom. The van der Waals surface area contributed by atoms with Crippen LogP contribution in [0, 0.1) is 0 Å². The summed E-state index contributed by atoms with van der Waals surface area (Å²) in [7, 11) is 0. The molecule has 0 spiro atoms. The summed E-state index contributed by atoms with van der Waals surface area (Å²) in [6.07, 6.45) is 0. The molecule has 0 unspecified atom stereocenters. The van der Waals surface area contributed by atoms with E-state index in [0.717, 1.165) is 16.7 Å². The van der Waals surface area contributed by atoms with Crippen molar-refractivity contribution < 1.29 is 0 Å². The molecular formula is C19H17ClN2. The summed E-state index contributed by atoms with van der Waals surface area (Å²) in [5, 5.41) is 0. The first-order valence-electron chi connectivity index (χ1n) is 7.07. The predicted molar refractivity (Wildman–Crippen MR) is 93.9 cm³/mol. The van der Waals surface area contributed by atoms with Crippen LogP contribution in [-0.2, 0) is 4.87 Å². The highest BCUT2D eigenvalue weighted by atomic mass is 35.5. The highest BCUT2D eigenvalue weighted by Crippen LogP contribution is 2.43. The van der Waals surface area contributed by atoms with Crippen LogP contribution in [0.2, 0.25) is 0 Å². The average Bonchev–Trinajstić information content (AvgIpc) is 2.56. The summed E-state index contributed by atoms with van der Waals surface area (Å²) in [5.41, 5.74) is 16.0. The highest BCUT2D eigenvalue weighted by molar-refractivity contribution is 6.28. The third-order valence-electron chi connectivity index (χ3n) is 3.79. The number of anilines is 2. The third-order valence-corrected chi connectivity index (χ3v) is 4.44. The lowest BCUT2D eigenvalue weighted by atomic mass is 9.84. The molecule has 4 N–H and O–H groups in total. The van der Waals surface area contributed by atoms with Crippen molar-refractivity contribution in [1.29, 1.82) is 0 Å². The zero-order chi connectivity index (χ0) is 15.6. The van der Waals surface area contributed by atoms with Crippen LogP contribution in [0.3, 0.4) is 0 Å². The van der Waals surface area contributed by atoms with E-state index in [1.54, 1.807) is 0 Å². The first-order valence-corrected chi connectivity index (χ1v) is 7.45. The Morgan fingerprint density at radius 1 is 0.545 bits per heavy atom. The van der Waals surface area contributed by atoms with E-state index in [4.69, 9.17) is 23.1 Å². The number of hydrogen-bond donors (Lipinski definition) is 2. The molecule has 0 heterocycles. The fourth-order valence-electron chi connectivity index (χ4n) is 2.59. The molecule has 0 aliphatic heterocycles. The lowest BCUT2D eigenvalue weighted by Crippen LogP contribution is -2.22. The molecule has 2 nitrogen and oxygen atoms in total. The molecule has 0 radical (unpaired) electrons. The van der Waals surface area contributed by atoms with Gasteiger partial charge in [-0.05, 0) is 41.0 Å². The van der Waals surface area contributed by atoms with Crippen molar-refractivity contribution >= 4 is 23.0 Å². The van der Waals surface area contributed by atoms with E-state index in [1.807, 2.05) is 78.9 Å². The fourth-order valence-corrected chi connectivity index (χ4v) is 2.97. The maximum absolute atomic E-state index is 7.14. The van der Waals surface area contributed by atoms with Crippen LogP contribution in [0.1, 0.15) is 16.7 Å². The van der Waals surface area contributed by atoms with E-state index in [2.05, 4.69) is 0 Å². The molecule has 3 aromatic rings. The van der Waals surface area contributed by atoms with Gasteiger partial charge in [0.05, 0.1) is 0 Å². The van der Waals surface area contributed by atoms with Gasteiger partial charge in [-0.3, -0.25) is 0 Å². The Kier molecular flexibility index (Phi) is 3.78. The minimum atomic E-state index is -0.775. The van der Waals surface area contributed by atoms with Gasteiger partial charge in [0.25, 0.3) is 0 Å². The van der Waals surface area contributed by atoms with E-state index < -0.39 is 4.87 Å². The number of hydrogen-bond acceptors (Lipinski definition) is 2. The van der Waals surface area contributed by atoms with Gasteiger partial charge in [0.15, 0.2) is 0 Å². The minimum absolute atomic E-state index is 0.716. The fraction of sp³-hybridized carbons (Fsp3) is 0.0526. The standard InChI is InChI=1S/C19H17ClN2/c20-19(14-4-2-1-3-5-14,15-6-10-17(21)11-7-15)16-8-12-18(22)13-9-16/h1-13H,21-22H2. The van der Waals surface area contributed by atoms with Gasteiger partial charge >= 0.3 is 0 Å². The monoisotopic (exact) mass is 308 g/mol. The molecule has 0 aliphatic rings. The molecule has 3 aromatic carbocycles. The van der Waals surface area contributed by atoms with Gasteiger partial charge in [-0.15, -0.1) is 11.6 Å². The van der Waals surface area contributed by atoms with Crippen LogP contribution < -0.4 is 11.5 Å². The number of rotatable bonds is 3. The van der Waals surface area contributed by atoms with Gasteiger partial charge in [0.2, 0.25) is 0 Å². The molecule has 110 valence electrons. The lowest BCUT2D eigenvalue weighted by molar-refractivity contribution is 0.880. The summed E-state index contributed by atoms with van der Waals surface area (Å²) in [6, 6.07) is 25.3. The first kappa shape index (κ1) is 14.5. The number of benzene rings is 3. The minimum Gasteiger partial charge on any atom is -0.399 e. The summed E-state index contributed by atoms with van der Waals surface area (Å²) in [5.74, 6) is 0. The molecule has 3 heteroatoms. The lowest BCUT2D eigenvalue weighted by Gasteiger charge is -2.29. The zero-order valence-electron chi connectivity index (χ0n) is 12.0. The van der Waals surface area contributed by atoms with Gasteiger partial charge in [0.1, 0.15) is 4.87 Å². The van der Waals surface area contributed by atoms with Crippen molar-refractivity contribution in [1.82, 2.24) is 0 Å². The van der Waals surface area contributed by atoms with Gasteiger partial charge in [-0.25, -0.2) is 0 Å². The normalized spacial score (nSPS) is 11.3. The molecule has 22 heavy (non-hydrogen) atoms. The van der Waals surface area contributed by atoms with Crippen molar-refractivity contribution in [2.45, 2.75) is 4.87 Å². The Balaban J connectivity index is 2.22. The van der Waals surface area contributed by atoms with E-state index >= 15 is 0 Å². The van der Waals surface area contributed by atoms with Crippen LogP contribution in [0.4, 0.5) is 11.4 Å². The van der Waals surface area contributed by atoms with E-state index in [9.17, 15) is 0 Å². The molecule has 0 saturated heterocycles. The molecule has 0 saturated carbocycles. The maximum Gasteiger partial charge on any atom is 0.119 e. The second kappa shape index (κ2) is 5.74. The van der Waals surface area contributed by atoms with Gasteiger partial charge in [-0.2, -0.15) is 0 Å². The number of nitrogens with two attached hydrogens (primary N) is 2. The molecule has 0 aliphatic carbocycles. The maximum atomic E-state index is 7.14. The first-order chi connectivity index (χ1) is 10.6. The van der Waals surface area contributed by atoms with Crippen molar-refractivity contribution in [2.75, 3.05) is 11.5 Å². The molecule has 0 bridgehead atoms. The smallest absolute Gasteiger partial charge is 0.119 e. The quantitative estimate of drug-likeness (QED) is 0.428. The average molecular weight is 309 g/mol. The Labute approximate surface area is 135 Å². The summed E-state index contributed by atoms with van der Waals surface area (Å²) >= 11 is 7.14. The van der Waals surface area contributed by atoms with Crippen LogP contribution >= 0.6 is 11.6 Å². The second-order valence-electron chi connectivity index (χ2n) is 5.27. The number of nitrogen functional groups attached to an aromatic ring is 2. The molecule has 3 rings (SSSR count). The molecule has 0 amide bonds. The SMILES string of the molecule is Nc1ccc(C(Cl)(c2ccccc2)c2ccc(N)cc2)cc1. The molecule has 0 atom stereocenters. The van der Waals surface area contributed by atoms with E-state index in [-0.39, 0.29) is 0 Å². The van der Waals surface area contributed by atoms with Crippen molar-refractivity contribution in [2.24, 2.45) is 0 Å². The third kappa shape index (κ3) is 2.53. The molecule has 0 aromatic heterocycles. The Bertz CT molecular complexity index is 704. The summed E-state index contributed by atoms with van der Waals surface area (Å²) in [6.45, 7) is 0.